The lowest BCUT2D eigenvalue weighted by atomic mass is 9.79. The number of aliphatic hydroxyl groups is 1. The number of hydrogen-bond acceptors (Lipinski definition) is 6. The fraction of sp³-hybridized carbons (Fsp3) is 0.458. The maximum Gasteiger partial charge on any atom is 0.309 e. The highest BCUT2D eigenvalue weighted by molar-refractivity contribution is 6.47. The number of benzene rings is 3. The van der Waals surface area contributed by atoms with Crippen molar-refractivity contribution < 1.29 is 9.76 Å². The molecule has 0 saturated carbocycles. The first-order valence-corrected chi connectivity index (χ1v) is 19.6. The van der Waals surface area contributed by atoms with Gasteiger partial charge in [0.1, 0.15) is 0 Å². The summed E-state index contributed by atoms with van der Waals surface area (Å²) >= 11 is 0. The molecule has 0 spiro atoms. The summed E-state index contributed by atoms with van der Waals surface area (Å²) in [5, 5.41) is 10.5. The van der Waals surface area contributed by atoms with Crippen LogP contribution >= 0.6 is 0 Å². The summed E-state index contributed by atoms with van der Waals surface area (Å²) in [6.07, 6.45) is 1.86. The molecule has 1 N–H and O–H groups in total. The standard InChI is InChI=1S/C48H63BN4O2/c1-43(2,3)34-23-32(24-35(27-34)44(4,5)6)41-51-40(52-42(53-41)33-25-36(45(7,8)9)28-37(26-33)46(10,11)12)31-19-22-39(50-29-31)30-17-20-38(21-18-30)49-55-48(15,16)47(13,14)54/h17-29,49,54H,1-16H3. The smallest absolute Gasteiger partial charge is 0.309 e. The van der Waals surface area contributed by atoms with E-state index in [2.05, 4.69) is 132 Å². The number of hydrogen-bond donors (Lipinski definition) is 1. The van der Waals surface area contributed by atoms with Crippen LogP contribution in [0.4, 0.5) is 0 Å². The highest BCUT2D eigenvalue weighted by Gasteiger charge is 2.35. The maximum atomic E-state index is 10.5. The summed E-state index contributed by atoms with van der Waals surface area (Å²) in [6, 6.07) is 25.9. The van der Waals surface area contributed by atoms with Crippen LogP contribution in [-0.2, 0) is 26.3 Å². The van der Waals surface area contributed by atoms with Crippen molar-refractivity contribution in [3.8, 4) is 45.4 Å². The van der Waals surface area contributed by atoms with Crippen molar-refractivity contribution in [2.75, 3.05) is 0 Å². The molecule has 7 heteroatoms. The van der Waals surface area contributed by atoms with E-state index in [4.69, 9.17) is 24.6 Å². The molecule has 0 unspecified atom stereocenters. The van der Waals surface area contributed by atoms with Crippen LogP contribution in [0.1, 0.15) is 133 Å². The SMILES string of the molecule is CC(C)(C)c1cc(-c2nc(-c3ccc(-c4ccc(BOC(C)(C)C(C)(C)O)cc4)nc3)nc(-c3cc(C(C)(C)C)cc(C(C)(C)C)c3)n2)cc(C(C)(C)C)c1. The minimum absolute atomic E-state index is 0.0603. The molecule has 290 valence electrons. The normalized spacial score (nSPS) is 13.3. The van der Waals surface area contributed by atoms with Crippen molar-refractivity contribution in [2.24, 2.45) is 0 Å². The van der Waals surface area contributed by atoms with Gasteiger partial charge in [0.2, 0.25) is 0 Å². The van der Waals surface area contributed by atoms with Crippen molar-refractivity contribution in [1.29, 1.82) is 0 Å². The summed E-state index contributed by atoms with van der Waals surface area (Å²) in [7, 11) is 0.402. The van der Waals surface area contributed by atoms with Crippen molar-refractivity contribution in [2.45, 2.75) is 144 Å². The summed E-state index contributed by atoms with van der Waals surface area (Å²) in [6.45, 7) is 34.4. The molecule has 6 nitrogen and oxygen atoms in total. The van der Waals surface area contributed by atoms with Crippen molar-refractivity contribution >= 4 is 12.9 Å². The van der Waals surface area contributed by atoms with Gasteiger partial charge < -0.3 is 9.76 Å². The molecule has 0 bridgehead atoms. The zero-order chi connectivity index (χ0) is 40.9. The number of nitrogens with zero attached hydrogens (tertiary/aromatic N) is 4. The second-order valence-corrected chi connectivity index (χ2v) is 20.4. The first-order valence-electron chi connectivity index (χ1n) is 19.6. The molecule has 0 amide bonds. The zero-order valence-corrected chi connectivity index (χ0v) is 36.4. The molecule has 0 radical (unpaired) electrons. The Morgan fingerprint density at radius 2 is 0.818 bits per heavy atom. The Morgan fingerprint density at radius 1 is 0.455 bits per heavy atom. The van der Waals surface area contributed by atoms with E-state index in [1.54, 1.807) is 13.8 Å². The molecule has 0 fully saturated rings. The molecular formula is C48H63BN4O2. The largest absolute Gasteiger partial charge is 0.427 e. The van der Waals surface area contributed by atoms with Crippen LogP contribution < -0.4 is 5.46 Å². The van der Waals surface area contributed by atoms with Crippen molar-refractivity contribution in [3.63, 3.8) is 0 Å². The predicted octanol–water partition coefficient (Wildman–Crippen LogP) is 10.7. The Bertz CT molecular complexity index is 1980. The Kier molecular flexibility index (Phi) is 11.2. The van der Waals surface area contributed by atoms with Gasteiger partial charge in [0.15, 0.2) is 17.5 Å². The van der Waals surface area contributed by atoms with Crippen molar-refractivity contribution in [1.82, 2.24) is 19.9 Å². The summed E-state index contributed by atoms with van der Waals surface area (Å²) in [5.41, 5.74) is 8.73. The van der Waals surface area contributed by atoms with Crippen LogP contribution in [0.25, 0.3) is 45.4 Å². The Balaban J connectivity index is 1.62. The first-order chi connectivity index (χ1) is 25.1. The third-order valence-corrected chi connectivity index (χ3v) is 10.8. The van der Waals surface area contributed by atoms with Crippen LogP contribution in [-0.4, -0.2) is 43.7 Å². The molecule has 5 aromatic rings. The molecule has 3 aromatic carbocycles. The molecule has 2 heterocycles. The summed E-state index contributed by atoms with van der Waals surface area (Å²) < 4.78 is 6.08. The van der Waals surface area contributed by atoms with Gasteiger partial charge in [0.25, 0.3) is 0 Å². The van der Waals surface area contributed by atoms with Gasteiger partial charge in [-0.3, -0.25) is 4.98 Å². The van der Waals surface area contributed by atoms with Crippen LogP contribution in [0.3, 0.4) is 0 Å². The van der Waals surface area contributed by atoms with Gasteiger partial charge in [0, 0.05) is 28.5 Å². The number of pyridine rings is 1. The molecule has 0 saturated heterocycles. The van der Waals surface area contributed by atoms with E-state index in [1.165, 1.54) is 22.3 Å². The minimum atomic E-state index is -0.962. The molecule has 5 rings (SSSR count). The summed E-state index contributed by atoms with van der Waals surface area (Å²) in [5.74, 6) is 1.87. The fourth-order valence-corrected chi connectivity index (χ4v) is 5.92. The third-order valence-electron chi connectivity index (χ3n) is 10.8. The van der Waals surface area contributed by atoms with Crippen LogP contribution in [0.5, 0.6) is 0 Å². The Labute approximate surface area is 331 Å². The van der Waals surface area contributed by atoms with E-state index in [0.717, 1.165) is 33.4 Å². The van der Waals surface area contributed by atoms with E-state index in [-0.39, 0.29) is 21.7 Å². The van der Waals surface area contributed by atoms with E-state index >= 15 is 0 Å². The highest BCUT2D eigenvalue weighted by atomic mass is 16.5. The van der Waals surface area contributed by atoms with Gasteiger partial charge in [-0.15, -0.1) is 0 Å². The van der Waals surface area contributed by atoms with Crippen LogP contribution in [0, 0.1) is 0 Å². The number of aromatic nitrogens is 4. The second kappa shape index (κ2) is 14.7. The van der Waals surface area contributed by atoms with Gasteiger partial charge in [0.05, 0.1) is 16.9 Å². The van der Waals surface area contributed by atoms with Gasteiger partial charge in [-0.05, 0) is 108 Å². The lowest BCUT2D eigenvalue weighted by molar-refractivity contribution is -0.0893. The van der Waals surface area contributed by atoms with Crippen LogP contribution in [0.2, 0.25) is 0 Å². The topological polar surface area (TPSA) is 81.0 Å². The first kappa shape index (κ1) is 42.0. The Hall–Kier alpha value is -4.20. The van der Waals surface area contributed by atoms with E-state index < -0.39 is 11.2 Å². The van der Waals surface area contributed by atoms with Gasteiger partial charge in [-0.25, -0.2) is 15.0 Å². The molecule has 0 aliphatic heterocycles. The Morgan fingerprint density at radius 3 is 1.15 bits per heavy atom. The van der Waals surface area contributed by atoms with Crippen molar-refractivity contribution in [3.05, 3.63) is 101 Å². The minimum Gasteiger partial charge on any atom is -0.427 e. The average Bonchev–Trinajstić information content (AvgIpc) is 3.08. The monoisotopic (exact) mass is 739 g/mol. The summed E-state index contributed by atoms with van der Waals surface area (Å²) in [4.78, 5) is 20.5. The third kappa shape index (κ3) is 9.98. The average molecular weight is 739 g/mol. The van der Waals surface area contributed by atoms with Crippen LogP contribution in [0.15, 0.2) is 79.0 Å². The fourth-order valence-electron chi connectivity index (χ4n) is 5.92. The van der Waals surface area contributed by atoms with Gasteiger partial charge >= 0.3 is 7.48 Å². The molecule has 0 aliphatic rings. The molecule has 55 heavy (non-hydrogen) atoms. The van der Waals surface area contributed by atoms with E-state index in [1.807, 2.05) is 44.3 Å². The molecule has 2 aromatic heterocycles. The lowest BCUT2D eigenvalue weighted by Crippen LogP contribution is -2.49. The predicted molar refractivity (Wildman–Crippen MR) is 232 cm³/mol. The highest BCUT2D eigenvalue weighted by Crippen LogP contribution is 2.37. The maximum absolute atomic E-state index is 10.5. The molecule has 0 aliphatic carbocycles. The van der Waals surface area contributed by atoms with Gasteiger partial charge in [-0.1, -0.05) is 125 Å². The second-order valence-electron chi connectivity index (χ2n) is 20.4. The number of rotatable bonds is 8. The quantitative estimate of drug-likeness (QED) is 0.160. The molecule has 0 atom stereocenters. The van der Waals surface area contributed by atoms with E-state index in [9.17, 15) is 5.11 Å². The van der Waals surface area contributed by atoms with E-state index in [0.29, 0.717) is 25.0 Å². The molecular weight excluding hydrogens is 675 g/mol. The zero-order valence-electron chi connectivity index (χ0n) is 36.4. The lowest BCUT2D eigenvalue weighted by Gasteiger charge is -2.37. The van der Waals surface area contributed by atoms with Gasteiger partial charge in [-0.2, -0.15) is 0 Å².